The molecule has 1 aromatic carbocycles. The monoisotopic (exact) mass is 406 g/mol. The average molecular weight is 407 g/mol. The first kappa shape index (κ1) is 20.6. The van der Waals surface area contributed by atoms with E-state index in [1.54, 1.807) is 31.6 Å². The van der Waals surface area contributed by atoms with Crippen LogP contribution >= 0.6 is 0 Å². The minimum atomic E-state index is -0.320. The quantitative estimate of drug-likeness (QED) is 0.562. The van der Waals surface area contributed by atoms with Crippen LogP contribution in [0.25, 0.3) is 0 Å². The maximum atomic E-state index is 12.5. The van der Waals surface area contributed by atoms with Gasteiger partial charge in [0.05, 0.1) is 12.7 Å². The Kier molecular flexibility index (Phi) is 5.65. The first-order valence-electron chi connectivity index (χ1n) is 10.6. The fraction of sp³-hybridized carbons (Fsp3) is 0.440. The molecule has 3 atom stereocenters. The zero-order valence-electron chi connectivity index (χ0n) is 18.2. The summed E-state index contributed by atoms with van der Waals surface area (Å²) in [6.45, 7) is 6.40. The molecule has 1 aromatic heterocycles. The van der Waals surface area contributed by atoms with Crippen LogP contribution in [0.15, 0.2) is 48.8 Å². The van der Waals surface area contributed by atoms with Crippen molar-refractivity contribution in [3.05, 3.63) is 71.1 Å². The molecule has 1 aliphatic heterocycles. The fourth-order valence-electron chi connectivity index (χ4n) is 5.14. The van der Waals surface area contributed by atoms with Crippen LogP contribution in [0.2, 0.25) is 0 Å². The van der Waals surface area contributed by atoms with Gasteiger partial charge in [-0.25, -0.2) is 4.79 Å². The van der Waals surface area contributed by atoms with Crippen molar-refractivity contribution < 1.29 is 14.3 Å². The van der Waals surface area contributed by atoms with Crippen LogP contribution < -0.4 is 4.74 Å². The van der Waals surface area contributed by atoms with Crippen LogP contribution in [-0.4, -0.2) is 42.7 Å². The molecular weight excluding hydrogens is 376 g/mol. The van der Waals surface area contributed by atoms with Crippen molar-refractivity contribution >= 4 is 5.97 Å². The number of hydrogen-bond acceptors (Lipinski definition) is 5. The molecule has 5 heteroatoms. The molecule has 0 radical (unpaired) electrons. The molecule has 2 aliphatic rings. The van der Waals surface area contributed by atoms with E-state index in [0.29, 0.717) is 11.5 Å². The summed E-state index contributed by atoms with van der Waals surface area (Å²) in [5, 5.41) is 0. The summed E-state index contributed by atoms with van der Waals surface area (Å²) in [6, 6.07) is 7.77. The van der Waals surface area contributed by atoms with Crippen LogP contribution in [-0.2, 0) is 16.7 Å². The van der Waals surface area contributed by atoms with Crippen molar-refractivity contribution in [2.24, 2.45) is 5.92 Å². The molecule has 2 aromatic rings. The Hall–Kier alpha value is -2.66. The Morgan fingerprint density at radius 3 is 2.83 bits per heavy atom. The summed E-state index contributed by atoms with van der Waals surface area (Å²) in [7, 11) is 3.91. The third-order valence-corrected chi connectivity index (χ3v) is 6.76. The van der Waals surface area contributed by atoms with E-state index in [0.717, 1.165) is 31.7 Å². The van der Waals surface area contributed by atoms with Gasteiger partial charge >= 0.3 is 5.97 Å². The van der Waals surface area contributed by atoms with Crippen molar-refractivity contribution in [1.82, 2.24) is 9.88 Å². The number of ether oxygens (including phenoxy) is 2. The number of allylic oxidation sites excluding steroid dienone is 1. The van der Waals surface area contributed by atoms with E-state index in [-0.39, 0.29) is 17.5 Å². The summed E-state index contributed by atoms with van der Waals surface area (Å²) in [4.78, 5) is 18.9. The number of benzene rings is 1. The van der Waals surface area contributed by atoms with Crippen LogP contribution in [0, 0.1) is 12.8 Å². The van der Waals surface area contributed by atoms with Crippen molar-refractivity contribution in [1.29, 1.82) is 0 Å². The SMILES string of the molecule is COc1ccc2c(c1C)[C@@]1(C=C[C@H](OC(=O)c3cccnc3)C[C@@H]1C)CCN(C)C2. The summed E-state index contributed by atoms with van der Waals surface area (Å²) in [5.41, 5.74) is 4.35. The summed E-state index contributed by atoms with van der Waals surface area (Å²) in [6.07, 6.45) is 9.18. The van der Waals surface area contributed by atoms with Gasteiger partial charge in [0, 0.05) is 24.4 Å². The molecule has 4 rings (SSSR count). The standard InChI is InChI=1S/C25H30N2O3/c1-17-14-21(30-24(28)19-6-5-12-26-15-19)9-10-25(17)11-13-27(3)16-20-7-8-22(29-4)18(2)23(20)25/h5-10,12,15,17,21H,11,13-14,16H2,1-4H3/t17-,21-,25-/m0/s1. The molecule has 0 unspecified atom stereocenters. The minimum absolute atomic E-state index is 0.0874. The summed E-state index contributed by atoms with van der Waals surface area (Å²) >= 11 is 0. The maximum absolute atomic E-state index is 12.5. The van der Waals surface area contributed by atoms with Crippen LogP contribution in [0.3, 0.4) is 0 Å². The number of nitrogens with zero attached hydrogens (tertiary/aromatic N) is 2. The number of fused-ring (bicyclic) bond motifs is 2. The maximum Gasteiger partial charge on any atom is 0.340 e. The predicted octanol–water partition coefficient (Wildman–Crippen LogP) is 4.29. The van der Waals surface area contributed by atoms with Crippen LogP contribution in [0.5, 0.6) is 5.75 Å². The Labute approximate surface area is 178 Å². The summed E-state index contributed by atoms with van der Waals surface area (Å²) < 4.78 is 11.5. The molecule has 5 nitrogen and oxygen atoms in total. The highest BCUT2D eigenvalue weighted by atomic mass is 16.5. The normalized spacial score (nSPS) is 26.1. The lowest BCUT2D eigenvalue weighted by Crippen LogP contribution is -2.40. The topological polar surface area (TPSA) is 51.7 Å². The lowest BCUT2D eigenvalue weighted by Gasteiger charge is -2.43. The number of rotatable bonds is 3. The fourth-order valence-corrected chi connectivity index (χ4v) is 5.14. The first-order valence-corrected chi connectivity index (χ1v) is 10.6. The third-order valence-electron chi connectivity index (χ3n) is 6.76. The molecule has 1 spiro atoms. The number of pyridine rings is 1. The second kappa shape index (κ2) is 8.23. The van der Waals surface area contributed by atoms with Gasteiger partial charge in [0.1, 0.15) is 11.9 Å². The predicted molar refractivity (Wildman–Crippen MR) is 117 cm³/mol. The molecule has 0 bridgehead atoms. The molecule has 1 aliphatic carbocycles. The Bertz CT molecular complexity index is 956. The number of aromatic nitrogens is 1. The Balaban J connectivity index is 1.68. The molecular formula is C25H30N2O3. The highest BCUT2D eigenvalue weighted by molar-refractivity contribution is 5.89. The third kappa shape index (κ3) is 3.63. The second-order valence-corrected chi connectivity index (χ2v) is 8.64. The smallest absolute Gasteiger partial charge is 0.340 e. The van der Waals surface area contributed by atoms with Gasteiger partial charge in [-0.05, 0) is 80.2 Å². The number of carbonyl (C=O) groups is 1. The molecule has 0 N–H and O–H groups in total. The molecule has 0 saturated carbocycles. The van der Waals surface area contributed by atoms with E-state index in [9.17, 15) is 4.79 Å². The highest BCUT2D eigenvalue weighted by Gasteiger charge is 2.44. The van der Waals surface area contributed by atoms with Gasteiger partial charge in [0.2, 0.25) is 0 Å². The lowest BCUT2D eigenvalue weighted by atomic mass is 9.62. The number of esters is 1. The summed E-state index contributed by atoms with van der Waals surface area (Å²) in [5.74, 6) is 0.938. The van der Waals surface area contributed by atoms with Crippen molar-refractivity contribution in [2.75, 3.05) is 20.7 Å². The van der Waals surface area contributed by atoms with Crippen molar-refractivity contribution in [2.45, 2.75) is 44.8 Å². The van der Waals surface area contributed by atoms with E-state index in [1.807, 2.05) is 0 Å². The van der Waals surface area contributed by atoms with E-state index < -0.39 is 0 Å². The lowest BCUT2D eigenvalue weighted by molar-refractivity contribution is 0.0306. The molecule has 2 heterocycles. The van der Waals surface area contributed by atoms with E-state index in [2.05, 4.69) is 55.1 Å². The minimum Gasteiger partial charge on any atom is -0.496 e. The van der Waals surface area contributed by atoms with E-state index in [4.69, 9.17) is 9.47 Å². The van der Waals surface area contributed by atoms with E-state index in [1.165, 1.54) is 16.7 Å². The number of carbonyl (C=O) groups excluding carboxylic acids is 1. The zero-order valence-corrected chi connectivity index (χ0v) is 18.2. The van der Waals surface area contributed by atoms with Crippen molar-refractivity contribution in [3.8, 4) is 5.75 Å². The zero-order chi connectivity index (χ0) is 21.3. The van der Waals surface area contributed by atoms with Gasteiger partial charge in [-0.1, -0.05) is 19.1 Å². The van der Waals surface area contributed by atoms with Gasteiger partial charge in [-0.2, -0.15) is 0 Å². The second-order valence-electron chi connectivity index (χ2n) is 8.64. The average Bonchev–Trinajstić information content (AvgIpc) is 2.89. The first-order chi connectivity index (χ1) is 14.4. The molecule has 0 amide bonds. The molecule has 0 fully saturated rings. The number of hydrogen-bond donors (Lipinski definition) is 0. The van der Waals surface area contributed by atoms with Crippen molar-refractivity contribution in [3.63, 3.8) is 0 Å². The van der Waals surface area contributed by atoms with Gasteiger partial charge in [0.15, 0.2) is 0 Å². The van der Waals surface area contributed by atoms with Gasteiger partial charge in [0.25, 0.3) is 0 Å². The number of methoxy groups -OCH3 is 1. The Morgan fingerprint density at radius 2 is 2.13 bits per heavy atom. The largest absolute Gasteiger partial charge is 0.496 e. The molecule has 30 heavy (non-hydrogen) atoms. The van der Waals surface area contributed by atoms with Crippen LogP contribution in [0.4, 0.5) is 0 Å². The highest BCUT2D eigenvalue weighted by Crippen LogP contribution is 2.48. The molecule has 0 saturated heterocycles. The van der Waals surface area contributed by atoms with Gasteiger partial charge in [-0.15, -0.1) is 0 Å². The van der Waals surface area contributed by atoms with Gasteiger partial charge in [-0.3, -0.25) is 4.98 Å². The van der Waals surface area contributed by atoms with Crippen LogP contribution in [0.1, 0.15) is 46.8 Å². The van der Waals surface area contributed by atoms with Gasteiger partial charge < -0.3 is 14.4 Å². The Morgan fingerprint density at radius 1 is 1.30 bits per heavy atom. The molecule has 158 valence electrons. The van der Waals surface area contributed by atoms with E-state index >= 15 is 0 Å².